The predicted octanol–water partition coefficient (Wildman–Crippen LogP) is 2.01. The maximum absolute atomic E-state index is 13.1. The van der Waals surface area contributed by atoms with Crippen molar-refractivity contribution in [3.05, 3.63) is 42.0 Å². The van der Waals surface area contributed by atoms with Crippen LogP contribution >= 0.6 is 0 Å². The fraction of sp³-hybridized carbons (Fsp3) is 0.417. The number of nitrogens with zero attached hydrogens (tertiary/aromatic N) is 2. The van der Waals surface area contributed by atoms with Crippen LogP contribution < -0.4 is 29.6 Å². The minimum atomic E-state index is -0.340. The number of carbonyl (C=O) groups excluding carboxylic acids is 1. The number of fused-ring (bicyclic) bond motifs is 1. The Morgan fingerprint density at radius 1 is 0.971 bits per heavy atom. The predicted molar refractivity (Wildman–Crippen MR) is 128 cm³/mol. The molecule has 10 nitrogen and oxygen atoms in total. The third-order valence-electron chi connectivity index (χ3n) is 5.44. The molecule has 0 bridgehead atoms. The van der Waals surface area contributed by atoms with E-state index >= 15 is 0 Å². The maximum atomic E-state index is 13.1. The van der Waals surface area contributed by atoms with Gasteiger partial charge < -0.3 is 29.0 Å². The van der Waals surface area contributed by atoms with Crippen molar-refractivity contribution in [2.45, 2.75) is 0 Å². The van der Waals surface area contributed by atoms with Gasteiger partial charge in [-0.2, -0.15) is 0 Å². The Bertz CT molecular complexity index is 1000. The molecule has 4 rings (SSSR count). The number of ether oxygens (including phenoxy) is 5. The summed E-state index contributed by atoms with van der Waals surface area (Å²) in [4.78, 5) is 20.0. The molecule has 2 N–H and O–H groups in total. The van der Waals surface area contributed by atoms with Crippen LogP contribution in [0.25, 0.3) is 0 Å². The third kappa shape index (κ3) is 6.30. The van der Waals surface area contributed by atoms with E-state index in [1.807, 2.05) is 18.2 Å². The smallest absolute Gasteiger partial charge is 0.258 e. The average Bonchev–Trinajstić information content (AvgIpc) is 2.88. The second kappa shape index (κ2) is 11.6. The molecule has 0 aliphatic carbocycles. The van der Waals surface area contributed by atoms with E-state index in [0.29, 0.717) is 54.3 Å². The molecular weight excluding hydrogens is 440 g/mol. The summed E-state index contributed by atoms with van der Waals surface area (Å²) in [5.41, 5.74) is 1.11. The van der Waals surface area contributed by atoms with Crippen LogP contribution in [-0.4, -0.2) is 83.6 Å². The van der Waals surface area contributed by atoms with E-state index in [0.717, 1.165) is 38.5 Å². The molecule has 0 spiro atoms. The van der Waals surface area contributed by atoms with Gasteiger partial charge in [-0.1, -0.05) is 0 Å². The van der Waals surface area contributed by atoms with Crippen molar-refractivity contribution < 1.29 is 28.5 Å². The van der Waals surface area contributed by atoms with Crippen LogP contribution in [0.1, 0.15) is 10.4 Å². The van der Waals surface area contributed by atoms with Gasteiger partial charge in [0.15, 0.2) is 11.5 Å². The first-order valence-electron chi connectivity index (χ1n) is 11.2. The largest absolute Gasteiger partial charge is 0.497 e. The minimum Gasteiger partial charge on any atom is -0.497 e. The highest BCUT2D eigenvalue weighted by atomic mass is 16.6. The van der Waals surface area contributed by atoms with Gasteiger partial charge in [0, 0.05) is 43.0 Å². The molecule has 1 amide bonds. The molecule has 0 atom stereocenters. The number of aliphatic imine (C=N–C) groups is 1. The number of hydrogen-bond donors (Lipinski definition) is 2. The van der Waals surface area contributed by atoms with Gasteiger partial charge in [-0.3, -0.25) is 20.0 Å². The van der Waals surface area contributed by atoms with Crippen molar-refractivity contribution in [1.82, 2.24) is 10.2 Å². The molecule has 0 aromatic heterocycles. The fourth-order valence-electron chi connectivity index (χ4n) is 3.61. The van der Waals surface area contributed by atoms with Gasteiger partial charge in [0.25, 0.3) is 5.91 Å². The van der Waals surface area contributed by atoms with E-state index in [1.54, 1.807) is 32.4 Å². The molecule has 0 saturated carbocycles. The highest BCUT2D eigenvalue weighted by Gasteiger charge is 2.16. The molecule has 10 heteroatoms. The minimum absolute atomic E-state index is 0.330. The van der Waals surface area contributed by atoms with Crippen molar-refractivity contribution in [3.63, 3.8) is 0 Å². The van der Waals surface area contributed by atoms with E-state index in [-0.39, 0.29) is 5.91 Å². The number of hydrogen-bond acceptors (Lipinski definition) is 8. The Morgan fingerprint density at radius 3 is 2.38 bits per heavy atom. The van der Waals surface area contributed by atoms with Crippen molar-refractivity contribution in [1.29, 1.82) is 0 Å². The Balaban J connectivity index is 1.50. The number of carbonyl (C=O) groups is 1. The van der Waals surface area contributed by atoms with Gasteiger partial charge in [-0.15, -0.1) is 0 Å². The van der Waals surface area contributed by atoms with E-state index in [9.17, 15) is 4.79 Å². The molecule has 2 aliphatic heterocycles. The first-order valence-corrected chi connectivity index (χ1v) is 11.2. The Morgan fingerprint density at radius 2 is 1.68 bits per heavy atom. The van der Waals surface area contributed by atoms with E-state index < -0.39 is 0 Å². The van der Waals surface area contributed by atoms with E-state index in [2.05, 4.69) is 20.5 Å². The first kappa shape index (κ1) is 23.7. The second-order valence-corrected chi connectivity index (χ2v) is 7.72. The monoisotopic (exact) mass is 470 g/mol. The zero-order valence-electron chi connectivity index (χ0n) is 19.5. The maximum Gasteiger partial charge on any atom is 0.258 e. The molecule has 0 radical (unpaired) electrons. The topological polar surface area (TPSA) is 103 Å². The van der Waals surface area contributed by atoms with Gasteiger partial charge >= 0.3 is 0 Å². The molecule has 1 saturated heterocycles. The Hall–Kier alpha value is -3.50. The van der Waals surface area contributed by atoms with Crippen LogP contribution in [0.4, 0.5) is 5.69 Å². The number of rotatable bonds is 7. The number of anilines is 1. The van der Waals surface area contributed by atoms with E-state index in [4.69, 9.17) is 23.7 Å². The van der Waals surface area contributed by atoms with Gasteiger partial charge in [-0.25, -0.2) is 0 Å². The van der Waals surface area contributed by atoms with Crippen LogP contribution in [0, 0.1) is 0 Å². The molecule has 2 aromatic carbocycles. The van der Waals surface area contributed by atoms with Crippen LogP contribution in [0.5, 0.6) is 23.0 Å². The van der Waals surface area contributed by atoms with Crippen molar-refractivity contribution in [2.75, 3.05) is 72.1 Å². The highest BCUT2D eigenvalue weighted by molar-refractivity contribution is 6.10. The number of methoxy groups -OCH3 is 2. The molecule has 2 aromatic rings. The number of benzene rings is 2. The molecule has 1 fully saturated rings. The Labute approximate surface area is 198 Å². The summed E-state index contributed by atoms with van der Waals surface area (Å²) in [6.07, 6.45) is 0. The molecule has 182 valence electrons. The van der Waals surface area contributed by atoms with Gasteiger partial charge in [0.1, 0.15) is 24.7 Å². The fourth-order valence-corrected chi connectivity index (χ4v) is 3.61. The molecular formula is C24H30N4O6. The lowest BCUT2D eigenvalue weighted by Gasteiger charge is -2.25. The normalized spacial score (nSPS) is 16.0. The van der Waals surface area contributed by atoms with Gasteiger partial charge in [0.2, 0.25) is 5.96 Å². The summed E-state index contributed by atoms with van der Waals surface area (Å²) < 4.78 is 27.2. The zero-order chi connectivity index (χ0) is 23.8. The number of nitrogens with one attached hydrogen (secondary N) is 2. The average molecular weight is 471 g/mol. The summed E-state index contributed by atoms with van der Waals surface area (Å²) >= 11 is 0. The zero-order valence-corrected chi connectivity index (χ0v) is 19.5. The van der Waals surface area contributed by atoms with Crippen molar-refractivity contribution in [3.8, 4) is 23.0 Å². The standard InChI is InChI=1S/C24H30N4O6/c1-30-19-13-17(14-20(16-19)31-2)23(29)27-24(25-5-6-28-7-9-32-10-8-28)26-18-3-4-21-22(15-18)34-12-11-33-21/h3-4,13-16H,5-12H2,1-2H3,(H2,25,26,27,29). The van der Waals surface area contributed by atoms with Crippen LogP contribution in [-0.2, 0) is 4.74 Å². The highest BCUT2D eigenvalue weighted by Crippen LogP contribution is 2.32. The van der Waals surface area contributed by atoms with E-state index in [1.165, 1.54) is 0 Å². The SMILES string of the molecule is COc1cc(OC)cc(C(=O)NC(=NCCN2CCOCC2)Nc2ccc3c(c2)OCCO3)c1. The summed E-state index contributed by atoms with van der Waals surface area (Å²) in [6, 6.07) is 10.5. The van der Waals surface area contributed by atoms with Crippen LogP contribution in [0.2, 0.25) is 0 Å². The lowest BCUT2D eigenvalue weighted by atomic mass is 10.2. The summed E-state index contributed by atoms with van der Waals surface area (Å²) in [5.74, 6) is 2.37. The molecule has 0 unspecified atom stereocenters. The number of amides is 1. The summed E-state index contributed by atoms with van der Waals surface area (Å²) in [7, 11) is 3.08. The lowest BCUT2D eigenvalue weighted by Crippen LogP contribution is -2.39. The number of morpholine rings is 1. The van der Waals surface area contributed by atoms with Crippen LogP contribution in [0.15, 0.2) is 41.4 Å². The quantitative estimate of drug-likeness (QED) is 0.468. The van der Waals surface area contributed by atoms with Gasteiger partial charge in [0.05, 0.1) is 34.0 Å². The number of guanidine groups is 1. The second-order valence-electron chi connectivity index (χ2n) is 7.72. The van der Waals surface area contributed by atoms with Crippen molar-refractivity contribution in [2.24, 2.45) is 4.99 Å². The van der Waals surface area contributed by atoms with Gasteiger partial charge in [-0.05, 0) is 24.3 Å². The first-order chi connectivity index (χ1) is 16.6. The van der Waals surface area contributed by atoms with Crippen molar-refractivity contribution >= 4 is 17.6 Å². The molecule has 34 heavy (non-hydrogen) atoms. The summed E-state index contributed by atoms with van der Waals surface area (Å²) in [6.45, 7) is 5.47. The summed E-state index contributed by atoms with van der Waals surface area (Å²) in [5, 5.41) is 6.08. The Kier molecular flexibility index (Phi) is 8.05. The lowest BCUT2D eigenvalue weighted by molar-refractivity contribution is 0.0394. The molecule has 2 heterocycles. The third-order valence-corrected chi connectivity index (χ3v) is 5.44. The van der Waals surface area contributed by atoms with Crippen LogP contribution in [0.3, 0.4) is 0 Å². The molecule has 2 aliphatic rings.